The maximum atomic E-state index is 11.0. The second-order valence-corrected chi connectivity index (χ2v) is 4.12. The molecule has 1 aromatic heterocycles. The molecule has 7 heteroatoms. The number of nitro groups is 1. The van der Waals surface area contributed by atoms with Gasteiger partial charge in [-0.1, -0.05) is 0 Å². The predicted molar refractivity (Wildman–Crippen MR) is 70.7 cm³/mol. The summed E-state index contributed by atoms with van der Waals surface area (Å²) in [7, 11) is 3.70. The van der Waals surface area contributed by atoms with Gasteiger partial charge in [0.1, 0.15) is 12.7 Å². The van der Waals surface area contributed by atoms with Gasteiger partial charge in [-0.15, -0.1) is 0 Å². The molecule has 19 heavy (non-hydrogen) atoms. The van der Waals surface area contributed by atoms with E-state index in [1.165, 1.54) is 12.4 Å². The molecule has 0 fully saturated rings. The highest BCUT2D eigenvalue weighted by molar-refractivity contribution is 5.63. The SMILES string of the molecule is CN(C)/C=C/c1cc(-n2cncn2)ccc1[N+](=O)[O-]. The van der Waals surface area contributed by atoms with E-state index in [0.29, 0.717) is 5.56 Å². The van der Waals surface area contributed by atoms with Crippen molar-refractivity contribution in [1.82, 2.24) is 19.7 Å². The van der Waals surface area contributed by atoms with E-state index in [1.54, 1.807) is 35.4 Å². The van der Waals surface area contributed by atoms with Crippen molar-refractivity contribution < 1.29 is 4.92 Å². The van der Waals surface area contributed by atoms with Crippen LogP contribution in [-0.4, -0.2) is 38.7 Å². The molecule has 0 aliphatic rings. The molecular formula is C12H13N5O2. The van der Waals surface area contributed by atoms with E-state index in [1.807, 2.05) is 19.0 Å². The third-order valence-electron chi connectivity index (χ3n) is 2.44. The van der Waals surface area contributed by atoms with Crippen molar-refractivity contribution in [2.24, 2.45) is 0 Å². The lowest BCUT2D eigenvalue weighted by molar-refractivity contribution is -0.385. The monoisotopic (exact) mass is 259 g/mol. The Balaban J connectivity index is 2.47. The molecular weight excluding hydrogens is 246 g/mol. The summed E-state index contributed by atoms with van der Waals surface area (Å²) < 4.78 is 1.55. The van der Waals surface area contributed by atoms with Crippen molar-refractivity contribution >= 4 is 11.8 Å². The molecule has 0 saturated heterocycles. The van der Waals surface area contributed by atoms with Gasteiger partial charge in [-0.05, 0) is 24.4 Å². The molecule has 0 atom stereocenters. The molecule has 7 nitrogen and oxygen atoms in total. The average Bonchev–Trinajstić information content (AvgIpc) is 2.89. The Morgan fingerprint density at radius 3 is 2.79 bits per heavy atom. The number of hydrogen-bond acceptors (Lipinski definition) is 5. The molecule has 0 radical (unpaired) electrons. The second kappa shape index (κ2) is 5.30. The van der Waals surface area contributed by atoms with Crippen LogP contribution in [0, 0.1) is 10.1 Å². The lowest BCUT2D eigenvalue weighted by Crippen LogP contribution is -2.01. The zero-order valence-electron chi connectivity index (χ0n) is 10.6. The van der Waals surface area contributed by atoms with Gasteiger partial charge in [0.15, 0.2) is 0 Å². The van der Waals surface area contributed by atoms with Crippen LogP contribution < -0.4 is 0 Å². The number of nitro benzene ring substituents is 1. The first kappa shape index (κ1) is 12.7. The molecule has 98 valence electrons. The summed E-state index contributed by atoms with van der Waals surface area (Å²) in [5.41, 5.74) is 1.30. The average molecular weight is 259 g/mol. The standard InChI is InChI=1S/C12H13N5O2/c1-15(2)6-5-10-7-11(16-9-13-8-14-16)3-4-12(10)17(18)19/h3-9H,1-2H3/b6-5+. The predicted octanol–water partition coefficient (Wildman–Crippen LogP) is 1.71. The van der Waals surface area contributed by atoms with Crippen LogP contribution in [0.4, 0.5) is 5.69 Å². The van der Waals surface area contributed by atoms with Gasteiger partial charge in [0.05, 0.1) is 16.2 Å². The van der Waals surface area contributed by atoms with E-state index < -0.39 is 4.92 Å². The Morgan fingerprint density at radius 2 is 2.21 bits per heavy atom. The fraction of sp³-hybridized carbons (Fsp3) is 0.167. The topological polar surface area (TPSA) is 77.1 Å². The van der Waals surface area contributed by atoms with Gasteiger partial charge in [-0.3, -0.25) is 10.1 Å². The van der Waals surface area contributed by atoms with Crippen molar-refractivity contribution in [2.45, 2.75) is 0 Å². The van der Waals surface area contributed by atoms with Crippen LogP contribution in [0.5, 0.6) is 0 Å². The first-order chi connectivity index (χ1) is 9.08. The molecule has 0 N–H and O–H groups in total. The van der Waals surface area contributed by atoms with Gasteiger partial charge in [0, 0.05) is 20.2 Å². The number of benzene rings is 1. The van der Waals surface area contributed by atoms with Crippen LogP contribution in [-0.2, 0) is 0 Å². The Bertz CT molecular complexity index is 605. The van der Waals surface area contributed by atoms with Gasteiger partial charge in [0.2, 0.25) is 0 Å². The number of nitrogens with zero attached hydrogens (tertiary/aromatic N) is 5. The minimum absolute atomic E-state index is 0.0574. The minimum atomic E-state index is -0.402. The van der Waals surface area contributed by atoms with Crippen molar-refractivity contribution in [2.75, 3.05) is 14.1 Å². The molecule has 0 aliphatic heterocycles. The van der Waals surface area contributed by atoms with E-state index in [-0.39, 0.29) is 5.69 Å². The van der Waals surface area contributed by atoms with E-state index in [0.717, 1.165) is 5.69 Å². The molecule has 0 spiro atoms. The van der Waals surface area contributed by atoms with Crippen LogP contribution >= 0.6 is 0 Å². The molecule has 0 bridgehead atoms. The van der Waals surface area contributed by atoms with Crippen molar-refractivity contribution in [3.8, 4) is 5.69 Å². The Kier molecular flexibility index (Phi) is 3.56. The summed E-state index contributed by atoms with van der Waals surface area (Å²) in [6.45, 7) is 0. The van der Waals surface area contributed by atoms with Crippen LogP contribution in [0.3, 0.4) is 0 Å². The molecule has 1 heterocycles. The molecule has 0 saturated carbocycles. The first-order valence-corrected chi connectivity index (χ1v) is 5.56. The summed E-state index contributed by atoms with van der Waals surface area (Å²) in [5.74, 6) is 0. The third kappa shape index (κ3) is 2.95. The van der Waals surface area contributed by atoms with Crippen LogP contribution in [0.1, 0.15) is 5.56 Å². The van der Waals surface area contributed by atoms with E-state index in [9.17, 15) is 10.1 Å². The largest absolute Gasteiger partial charge is 0.383 e. The highest BCUT2D eigenvalue weighted by Crippen LogP contribution is 2.23. The maximum Gasteiger partial charge on any atom is 0.276 e. The Hall–Kier alpha value is -2.70. The number of hydrogen-bond donors (Lipinski definition) is 0. The van der Waals surface area contributed by atoms with Gasteiger partial charge < -0.3 is 4.90 Å². The molecule has 2 aromatic rings. The number of aromatic nitrogens is 3. The zero-order valence-corrected chi connectivity index (χ0v) is 10.6. The zero-order chi connectivity index (χ0) is 13.8. The molecule has 0 unspecified atom stereocenters. The quantitative estimate of drug-likeness (QED) is 0.617. The number of rotatable bonds is 4. The normalized spacial score (nSPS) is 10.8. The van der Waals surface area contributed by atoms with Crippen molar-refractivity contribution in [3.63, 3.8) is 0 Å². The summed E-state index contributed by atoms with van der Waals surface area (Å²) >= 11 is 0. The van der Waals surface area contributed by atoms with Gasteiger partial charge in [-0.25, -0.2) is 9.67 Å². The van der Waals surface area contributed by atoms with Crippen LogP contribution in [0.15, 0.2) is 37.1 Å². The maximum absolute atomic E-state index is 11.0. The highest BCUT2D eigenvalue weighted by Gasteiger charge is 2.12. The first-order valence-electron chi connectivity index (χ1n) is 5.56. The fourth-order valence-corrected chi connectivity index (χ4v) is 1.56. The smallest absolute Gasteiger partial charge is 0.276 e. The minimum Gasteiger partial charge on any atom is -0.383 e. The van der Waals surface area contributed by atoms with Gasteiger partial charge in [0.25, 0.3) is 5.69 Å². The lowest BCUT2D eigenvalue weighted by Gasteiger charge is -2.05. The van der Waals surface area contributed by atoms with Gasteiger partial charge >= 0.3 is 0 Å². The summed E-state index contributed by atoms with van der Waals surface area (Å²) in [4.78, 5) is 16.2. The summed E-state index contributed by atoms with van der Waals surface area (Å²) in [6, 6.07) is 4.80. The van der Waals surface area contributed by atoms with E-state index >= 15 is 0 Å². The lowest BCUT2D eigenvalue weighted by atomic mass is 10.1. The summed E-state index contributed by atoms with van der Waals surface area (Å²) in [5, 5.41) is 15.0. The van der Waals surface area contributed by atoms with Crippen molar-refractivity contribution in [1.29, 1.82) is 0 Å². The van der Waals surface area contributed by atoms with Crippen LogP contribution in [0.25, 0.3) is 11.8 Å². The van der Waals surface area contributed by atoms with Crippen LogP contribution in [0.2, 0.25) is 0 Å². The summed E-state index contributed by atoms with van der Waals surface area (Å²) in [6.07, 6.45) is 6.41. The molecule has 0 amide bonds. The fourth-order valence-electron chi connectivity index (χ4n) is 1.56. The van der Waals surface area contributed by atoms with Gasteiger partial charge in [-0.2, -0.15) is 5.10 Å². The van der Waals surface area contributed by atoms with E-state index in [4.69, 9.17) is 0 Å². The molecule has 0 aliphatic carbocycles. The molecule has 2 rings (SSSR count). The van der Waals surface area contributed by atoms with Crippen molar-refractivity contribution in [3.05, 3.63) is 52.7 Å². The second-order valence-electron chi connectivity index (χ2n) is 4.12. The third-order valence-corrected chi connectivity index (χ3v) is 2.44. The van der Waals surface area contributed by atoms with E-state index in [2.05, 4.69) is 10.1 Å². The Labute approximate surface area is 109 Å². The highest BCUT2D eigenvalue weighted by atomic mass is 16.6. The Morgan fingerprint density at radius 1 is 1.42 bits per heavy atom. The molecule has 1 aromatic carbocycles.